The van der Waals surface area contributed by atoms with E-state index in [4.69, 9.17) is 4.74 Å². The highest BCUT2D eigenvalue weighted by atomic mass is 16.6. The Balaban J connectivity index is 2.71. The Morgan fingerprint density at radius 3 is 2.36 bits per heavy atom. The minimum absolute atomic E-state index is 0.630. The van der Waals surface area contributed by atoms with Crippen molar-refractivity contribution in [3.63, 3.8) is 0 Å². The van der Waals surface area contributed by atoms with Gasteiger partial charge in [0.1, 0.15) is 12.2 Å². The molecule has 1 heterocycles. The van der Waals surface area contributed by atoms with Gasteiger partial charge in [0.15, 0.2) is 12.4 Å². The standard InChI is InChI=1S/C8H14O6/c1-3-5(10)7(14-4(2)9)6(11)8(12)13-3/h3,5-8,10-12H,1-2H3/t3-,5-,6-,7+,8+/m1/s1. The van der Waals surface area contributed by atoms with E-state index in [1.807, 2.05) is 0 Å². The molecule has 1 saturated heterocycles. The maximum absolute atomic E-state index is 10.6. The Bertz CT molecular complexity index is 204. The van der Waals surface area contributed by atoms with Crippen molar-refractivity contribution in [2.45, 2.75) is 44.6 Å². The van der Waals surface area contributed by atoms with Gasteiger partial charge in [0.25, 0.3) is 0 Å². The Morgan fingerprint density at radius 2 is 1.86 bits per heavy atom. The van der Waals surface area contributed by atoms with Crippen molar-refractivity contribution in [2.24, 2.45) is 0 Å². The molecule has 0 bridgehead atoms. The van der Waals surface area contributed by atoms with Crippen LogP contribution in [0.25, 0.3) is 0 Å². The summed E-state index contributed by atoms with van der Waals surface area (Å²) in [6.07, 6.45) is -5.86. The van der Waals surface area contributed by atoms with E-state index in [0.717, 1.165) is 6.92 Å². The average molecular weight is 206 g/mol. The molecule has 0 aliphatic carbocycles. The molecule has 6 heteroatoms. The minimum Gasteiger partial charge on any atom is -0.457 e. The molecule has 6 nitrogen and oxygen atoms in total. The van der Waals surface area contributed by atoms with Gasteiger partial charge >= 0.3 is 5.97 Å². The van der Waals surface area contributed by atoms with Gasteiger partial charge in [0.05, 0.1) is 6.10 Å². The molecule has 3 N–H and O–H groups in total. The molecule has 1 aliphatic rings. The predicted octanol–water partition coefficient (Wildman–Crippen LogP) is -1.62. The lowest BCUT2D eigenvalue weighted by molar-refractivity contribution is -0.281. The van der Waals surface area contributed by atoms with Crippen molar-refractivity contribution in [3.8, 4) is 0 Å². The highest BCUT2D eigenvalue weighted by molar-refractivity contribution is 5.66. The Hall–Kier alpha value is -0.690. The molecule has 14 heavy (non-hydrogen) atoms. The second-order valence-electron chi connectivity index (χ2n) is 3.29. The van der Waals surface area contributed by atoms with Crippen LogP contribution in [-0.4, -0.2) is 52.0 Å². The summed E-state index contributed by atoms with van der Waals surface area (Å²) in [5.74, 6) is -0.630. The van der Waals surface area contributed by atoms with E-state index in [2.05, 4.69) is 4.74 Å². The average Bonchev–Trinajstić information content (AvgIpc) is 2.09. The number of carbonyl (C=O) groups excluding carboxylic acids is 1. The van der Waals surface area contributed by atoms with E-state index < -0.39 is 36.7 Å². The second kappa shape index (κ2) is 4.22. The van der Waals surface area contributed by atoms with Crippen LogP contribution in [0.15, 0.2) is 0 Å². The van der Waals surface area contributed by atoms with Crippen molar-refractivity contribution in [3.05, 3.63) is 0 Å². The third kappa shape index (κ3) is 2.21. The Kier molecular flexibility index (Phi) is 3.43. The van der Waals surface area contributed by atoms with E-state index in [1.165, 1.54) is 6.92 Å². The fourth-order valence-corrected chi connectivity index (χ4v) is 1.34. The molecule has 0 unspecified atom stereocenters. The summed E-state index contributed by atoms with van der Waals surface area (Å²) in [5.41, 5.74) is 0. The number of hydrogen-bond donors (Lipinski definition) is 3. The van der Waals surface area contributed by atoms with Crippen molar-refractivity contribution < 1.29 is 29.6 Å². The van der Waals surface area contributed by atoms with Crippen LogP contribution in [0.1, 0.15) is 13.8 Å². The lowest BCUT2D eigenvalue weighted by Gasteiger charge is -2.38. The van der Waals surface area contributed by atoms with Gasteiger partial charge in [-0.15, -0.1) is 0 Å². The highest BCUT2D eigenvalue weighted by Crippen LogP contribution is 2.21. The summed E-state index contributed by atoms with van der Waals surface area (Å²) in [7, 11) is 0. The fourth-order valence-electron chi connectivity index (χ4n) is 1.34. The summed E-state index contributed by atoms with van der Waals surface area (Å²) in [4.78, 5) is 10.6. The van der Waals surface area contributed by atoms with E-state index in [1.54, 1.807) is 0 Å². The summed E-state index contributed by atoms with van der Waals surface area (Å²) in [6.45, 7) is 2.67. The number of aliphatic hydroxyl groups is 3. The lowest BCUT2D eigenvalue weighted by Crippen LogP contribution is -2.57. The van der Waals surface area contributed by atoms with E-state index in [9.17, 15) is 20.1 Å². The molecular formula is C8H14O6. The first-order valence-electron chi connectivity index (χ1n) is 4.30. The molecule has 0 spiro atoms. The molecular weight excluding hydrogens is 192 g/mol. The Morgan fingerprint density at radius 1 is 1.29 bits per heavy atom. The zero-order valence-electron chi connectivity index (χ0n) is 7.95. The van der Waals surface area contributed by atoms with Crippen molar-refractivity contribution in [1.82, 2.24) is 0 Å². The minimum atomic E-state index is -1.45. The smallest absolute Gasteiger partial charge is 0.303 e. The number of ether oxygens (including phenoxy) is 2. The Labute approximate surface area is 81.1 Å². The van der Waals surface area contributed by atoms with Crippen LogP contribution in [-0.2, 0) is 14.3 Å². The molecule has 1 rings (SSSR count). The molecule has 0 saturated carbocycles. The van der Waals surface area contributed by atoms with Crippen LogP contribution in [0.2, 0.25) is 0 Å². The molecule has 82 valence electrons. The first kappa shape index (κ1) is 11.4. The molecule has 1 aliphatic heterocycles. The largest absolute Gasteiger partial charge is 0.457 e. The SMILES string of the molecule is CC(=O)O[C@@H]1[C@@H](O)[C@@H](O)O[C@H](C)[C@H]1O. The summed E-state index contributed by atoms with van der Waals surface area (Å²) < 4.78 is 9.46. The van der Waals surface area contributed by atoms with Gasteiger partial charge in [-0.25, -0.2) is 0 Å². The quantitative estimate of drug-likeness (QED) is 0.446. The van der Waals surface area contributed by atoms with E-state index >= 15 is 0 Å². The van der Waals surface area contributed by atoms with Gasteiger partial charge in [-0.05, 0) is 6.92 Å². The van der Waals surface area contributed by atoms with Crippen LogP contribution in [0, 0.1) is 0 Å². The van der Waals surface area contributed by atoms with Gasteiger partial charge in [-0.3, -0.25) is 4.79 Å². The number of rotatable bonds is 1. The summed E-state index contributed by atoms with van der Waals surface area (Å²) >= 11 is 0. The molecule has 0 aromatic rings. The number of carbonyl (C=O) groups is 1. The van der Waals surface area contributed by atoms with Crippen LogP contribution in [0.3, 0.4) is 0 Å². The van der Waals surface area contributed by atoms with Crippen molar-refractivity contribution >= 4 is 5.97 Å². The molecule has 0 aromatic carbocycles. The lowest BCUT2D eigenvalue weighted by atomic mass is 10.00. The topological polar surface area (TPSA) is 96.2 Å². The monoisotopic (exact) mass is 206 g/mol. The normalized spacial score (nSPS) is 43.4. The first-order valence-corrected chi connectivity index (χ1v) is 4.30. The number of hydrogen-bond acceptors (Lipinski definition) is 6. The summed E-state index contributed by atoms with van der Waals surface area (Å²) in [5, 5.41) is 28.0. The zero-order valence-corrected chi connectivity index (χ0v) is 7.95. The van der Waals surface area contributed by atoms with Gasteiger partial charge < -0.3 is 24.8 Å². The number of aliphatic hydroxyl groups excluding tert-OH is 3. The molecule has 0 amide bonds. The first-order chi connectivity index (χ1) is 6.43. The third-order valence-electron chi connectivity index (χ3n) is 2.10. The van der Waals surface area contributed by atoms with E-state index in [-0.39, 0.29) is 0 Å². The predicted molar refractivity (Wildman–Crippen MR) is 44.1 cm³/mol. The van der Waals surface area contributed by atoms with Crippen molar-refractivity contribution in [2.75, 3.05) is 0 Å². The van der Waals surface area contributed by atoms with Gasteiger partial charge in [0.2, 0.25) is 0 Å². The fraction of sp³-hybridized carbons (Fsp3) is 0.875. The number of esters is 1. The van der Waals surface area contributed by atoms with Crippen LogP contribution in [0.5, 0.6) is 0 Å². The van der Waals surface area contributed by atoms with E-state index in [0.29, 0.717) is 0 Å². The maximum Gasteiger partial charge on any atom is 0.303 e. The van der Waals surface area contributed by atoms with Crippen LogP contribution in [0.4, 0.5) is 0 Å². The van der Waals surface area contributed by atoms with Gasteiger partial charge in [-0.2, -0.15) is 0 Å². The zero-order chi connectivity index (χ0) is 10.9. The van der Waals surface area contributed by atoms with Crippen LogP contribution < -0.4 is 0 Å². The molecule has 5 atom stereocenters. The van der Waals surface area contributed by atoms with Gasteiger partial charge in [-0.1, -0.05) is 0 Å². The third-order valence-corrected chi connectivity index (χ3v) is 2.10. The summed E-state index contributed by atoms with van der Waals surface area (Å²) in [6, 6.07) is 0. The van der Waals surface area contributed by atoms with Crippen LogP contribution >= 0.6 is 0 Å². The maximum atomic E-state index is 10.6. The second-order valence-corrected chi connectivity index (χ2v) is 3.29. The molecule has 0 radical (unpaired) electrons. The van der Waals surface area contributed by atoms with Crippen molar-refractivity contribution in [1.29, 1.82) is 0 Å². The van der Waals surface area contributed by atoms with Gasteiger partial charge in [0, 0.05) is 6.92 Å². The highest BCUT2D eigenvalue weighted by Gasteiger charge is 2.44. The molecule has 1 fully saturated rings. The molecule has 0 aromatic heterocycles.